The van der Waals surface area contributed by atoms with E-state index in [-0.39, 0.29) is 11.9 Å². The minimum absolute atomic E-state index is 0.125. The topological polar surface area (TPSA) is 79.9 Å². The van der Waals surface area contributed by atoms with E-state index in [0.29, 0.717) is 24.6 Å². The first-order valence-corrected chi connectivity index (χ1v) is 7.09. The largest absolute Gasteiger partial charge is 0.372 e. The highest BCUT2D eigenvalue weighted by Crippen LogP contribution is 2.21. The number of hydrogen-bond donors (Lipinski definition) is 2. The molecule has 0 fully saturated rings. The first-order valence-electron chi connectivity index (χ1n) is 7.09. The van der Waals surface area contributed by atoms with Gasteiger partial charge in [-0.15, -0.1) is 0 Å². The number of aryl methyl sites for hydroxylation is 1. The van der Waals surface area contributed by atoms with Crippen LogP contribution in [-0.4, -0.2) is 21.1 Å². The van der Waals surface area contributed by atoms with E-state index in [1.54, 1.807) is 0 Å². The van der Waals surface area contributed by atoms with Gasteiger partial charge in [0.25, 0.3) is 5.91 Å². The molecule has 6 heteroatoms. The molecule has 1 amide bonds. The maximum absolute atomic E-state index is 12.3. The Morgan fingerprint density at radius 2 is 2.24 bits per heavy atom. The van der Waals surface area contributed by atoms with E-state index in [4.69, 9.17) is 4.74 Å². The summed E-state index contributed by atoms with van der Waals surface area (Å²) in [6.07, 6.45) is 0.790. The molecule has 0 aliphatic carbocycles. The zero-order valence-corrected chi connectivity index (χ0v) is 12.1. The summed E-state index contributed by atoms with van der Waals surface area (Å²) in [5, 5.41) is 9.89. The van der Waals surface area contributed by atoms with E-state index in [1.807, 2.05) is 32.0 Å². The molecule has 1 unspecified atom stereocenters. The number of fused-ring (bicyclic) bond motifs is 1. The lowest BCUT2D eigenvalue weighted by Gasteiger charge is -2.11. The van der Waals surface area contributed by atoms with Gasteiger partial charge in [-0.2, -0.15) is 5.10 Å². The Morgan fingerprint density at radius 1 is 1.43 bits per heavy atom. The molecule has 2 aromatic rings. The number of benzene rings is 1. The lowest BCUT2D eigenvalue weighted by atomic mass is 10.1. The van der Waals surface area contributed by atoms with Crippen LogP contribution in [0.15, 0.2) is 18.2 Å². The summed E-state index contributed by atoms with van der Waals surface area (Å²) in [5.41, 5.74) is 2.87. The van der Waals surface area contributed by atoms with Gasteiger partial charge < -0.3 is 10.1 Å². The van der Waals surface area contributed by atoms with Gasteiger partial charge in [-0.05, 0) is 30.2 Å². The van der Waals surface area contributed by atoms with Crippen LogP contribution >= 0.6 is 0 Å². The van der Waals surface area contributed by atoms with E-state index in [1.165, 1.54) is 0 Å². The molecular formula is C15H18N4O2. The summed E-state index contributed by atoms with van der Waals surface area (Å²) in [5.74, 6) is 1.30. The van der Waals surface area contributed by atoms with Gasteiger partial charge in [0.15, 0.2) is 5.82 Å². The highest BCUT2D eigenvalue weighted by molar-refractivity contribution is 5.94. The van der Waals surface area contributed by atoms with Crippen LogP contribution in [0.4, 0.5) is 0 Å². The summed E-state index contributed by atoms with van der Waals surface area (Å²) in [6.45, 7) is 5.08. The van der Waals surface area contributed by atoms with Crippen LogP contribution in [-0.2, 0) is 24.4 Å². The number of carbonyl (C=O) groups excluding carboxylic acids is 1. The highest BCUT2D eigenvalue weighted by atomic mass is 16.5. The van der Waals surface area contributed by atoms with Gasteiger partial charge in [0.05, 0.1) is 19.3 Å². The molecule has 1 aliphatic rings. The predicted molar refractivity (Wildman–Crippen MR) is 76.6 cm³/mol. The molecule has 0 radical (unpaired) electrons. The first-order chi connectivity index (χ1) is 10.2. The molecule has 1 aromatic heterocycles. The Labute approximate surface area is 122 Å². The maximum Gasteiger partial charge on any atom is 0.251 e. The lowest BCUT2D eigenvalue weighted by molar-refractivity contribution is 0.0938. The second-order valence-corrected chi connectivity index (χ2v) is 5.17. The van der Waals surface area contributed by atoms with Gasteiger partial charge in [0.2, 0.25) is 0 Å². The van der Waals surface area contributed by atoms with E-state index >= 15 is 0 Å². The Hall–Kier alpha value is -2.21. The number of hydrogen-bond acceptors (Lipinski definition) is 4. The van der Waals surface area contributed by atoms with Crippen molar-refractivity contribution < 1.29 is 9.53 Å². The number of nitrogens with zero attached hydrogens (tertiary/aromatic N) is 2. The smallest absolute Gasteiger partial charge is 0.251 e. The molecule has 1 aliphatic heterocycles. The summed E-state index contributed by atoms with van der Waals surface area (Å²) in [4.78, 5) is 16.6. The van der Waals surface area contributed by atoms with E-state index in [0.717, 1.165) is 23.4 Å². The van der Waals surface area contributed by atoms with Crippen molar-refractivity contribution in [1.82, 2.24) is 20.5 Å². The van der Waals surface area contributed by atoms with Crippen molar-refractivity contribution >= 4 is 5.91 Å². The van der Waals surface area contributed by atoms with Gasteiger partial charge >= 0.3 is 0 Å². The minimum Gasteiger partial charge on any atom is -0.372 e. The molecule has 2 N–H and O–H groups in total. The minimum atomic E-state index is -0.237. The second-order valence-electron chi connectivity index (χ2n) is 5.17. The Morgan fingerprint density at radius 3 is 3.00 bits per heavy atom. The summed E-state index contributed by atoms with van der Waals surface area (Å²) in [7, 11) is 0. The lowest BCUT2D eigenvalue weighted by Crippen LogP contribution is -2.27. The van der Waals surface area contributed by atoms with Crippen LogP contribution in [0.2, 0.25) is 0 Å². The van der Waals surface area contributed by atoms with E-state index in [2.05, 4.69) is 20.5 Å². The molecule has 1 aromatic carbocycles. The van der Waals surface area contributed by atoms with E-state index in [9.17, 15) is 4.79 Å². The van der Waals surface area contributed by atoms with Gasteiger partial charge in [0, 0.05) is 12.0 Å². The van der Waals surface area contributed by atoms with Crippen LogP contribution in [0.5, 0.6) is 0 Å². The molecule has 0 bridgehead atoms. The zero-order valence-electron chi connectivity index (χ0n) is 12.1. The summed E-state index contributed by atoms with van der Waals surface area (Å²) < 4.78 is 5.36. The summed E-state index contributed by atoms with van der Waals surface area (Å²) >= 11 is 0. The number of ether oxygens (including phenoxy) is 1. The Balaban J connectivity index is 1.70. The number of rotatable bonds is 4. The molecular weight excluding hydrogens is 268 g/mol. The molecule has 3 rings (SSSR count). The van der Waals surface area contributed by atoms with Crippen LogP contribution in [0.3, 0.4) is 0 Å². The quantitative estimate of drug-likeness (QED) is 0.899. The van der Waals surface area contributed by atoms with Crippen molar-refractivity contribution in [2.45, 2.75) is 39.5 Å². The average Bonchev–Trinajstić information content (AvgIpc) is 3.15. The van der Waals surface area contributed by atoms with Crippen LogP contribution < -0.4 is 5.32 Å². The number of amides is 1. The molecule has 21 heavy (non-hydrogen) atoms. The monoisotopic (exact) mass is 286 g/mol. The molecule has 0 saturated heterocycles. The second kappa shape index (κ2) is 5.65. The zero-order chi connectivity index (χ0) is 14.8. The van der Waals surface area contributed by atoms with Crippen LogP contribution in [0.25, 0.3) is 0 Å². The normalized spacial score (nSPS) is 14.8. The van der Waals surface area contributed by atoms with Crippen molar-refractivity contribution in [1.29, 1.82) is 0 Å². The van der Waals surface area contributed by atoms with Crippen molar-refractivity contribution in [2.75, 3.05) is 0 Å². The predicted octanol–water partition coefficient (Wildman–Crippen LogP) is 1.89. The summed E-state index contributed by atoms with van der Waals surface area (Å²) in [6, 6.07) is 5.42. The highest BCUT2D eigenvalue weighted by Gasteiger charge is 2.18. The SMILES string of the molecule is CCc1nc(C(C)NC(=O)c2ccc3c(c2)COC3)n[nH]1. The van der Waals surface area contributed by atoms with Gasteiger partial charge in [-0.3, -0.25) is 9.89 Å². The number of H-pyrrole nitrogens is 1. The van der Waals surface area contributed by atoms with Crippen molar-refractivity contribution in [3.63, 3.8) is 0 Å². The average molecular weight is 286 g/mol. The molecule has 0 saturated carbocycles. The number of carbonyl (C=O) groups is 1. The fourth-order valence-electron chi connectivity index (χ4n) is 2.32. The maximum atomic E-state index is 12.3. The number of aromatic nitrogens is 3. The molecule has 110 valence electrons. The Bertz CT molecular complexity index is 665. The molecule has 0 spiro atoms. The van der Waals surface area contributed by atoms with Crippen LogP contribution in [0.1, 0.15) is 53.0 Å². The van der Waals surface area contributed by atoms with Gasteiger partial charge in [-0.25, -0.2) is 4.98 Å². The number of aromatic amines is 1. The third-order valence-electron chi connectivity index (χ3n) is 3.60. The van der Waals surface area contributed by atoms with Crippen molar-refractivity contribution in [3.8, 4) is 0 Å². The van der Waals surface area contributed by atoms with Crippen LogP contribution in [0, 0.1) is 0 Å². The third-order valence-corrected chi connectivity index (χ3v) is 3.60. The van der Waals surface area contributed by atoms with Crippen molar-refractivity contribution in [3.05, 3.63) is 46.5 Å². The van der Waals surface area contributed by atoms with E-state index < -0.39 is 0 Å². The van der Waals surface area contributed by atoms with Gasteiger partial charge in [0.1, 0.15) is 5.82 Å². The first kappa shape index (κ1) is 13.8. The molecule has 1 atom stereocenters. The fourth-order valence-corrected chi connectivity index (χ4v) is 2.32. The third kappa shape index (κ3) is 2.80. The molecule has 2 heterocycles. The fraction of sp³-hybridized carbons (Fsp3) is 0.400. The Kier molecular flexibility index (Phi) is 3.70. The molecule has 6 nitrogen and oxygen atoms in total. The van der Waals surface area contributed by atoms with Crippen molar-refractivity contribution in [2.24, 2.45) is 0 Å². The number of nitrogens with one attached hydrogen (secondary N) is 2. The van der Waals surface area contributed by atoms with Gasteiger partial charge in [-0.1, -0.05) is 13.0 Å². The standard InChI is InChI=1S/C15H18N4O2/c1-3-13-17-14(19-18-13)9(2)16-15(20)10-4-5-11-7-21-8-12(11)6-10/h4-6,9H,3,7-8H2,1-2H3,(H,16,20)(H,17,18,19).